The molecule has 0 aromatic heterocycles. The van der Waals surface area contributed by atoms with Gasteiger partial charge in [-0.2, -0.15) is 5.10 Å². The molecule has 2 aliphatic heterocycles. The van der Waals surface area contributed by atoms with Crippen LogP contribution in [0.25, 0.3) is 0 Å². The van der Waals surface area contributed by atoms with Gasteiger partial charge in [-0.05, 0) is 18.2 Å². The van der Waals surface area contributed by atoms with Gasteiger partial charge < -0.3 is 10.2 Å². The Bertz CT molecular complexity index is 1070. The molecule has 1 saturated heterocycles. The summed E-state index contributed by atoms with van der Waals surface area (Å²) in [6, 6.07) is 27.5. The Morgan fingerprint density at radius 3 is 2.13 bits per heavy atom. The van der Waals surface area contributed by atoms with Crippen LogP contribution in [-0.2, 0) is 4.79 Å². The highest BCUT2D eigenvalue weighted by Gasteiger charge is 2.32. The minimum Gasteiger partial charge on any atom is -0.322 e. The largest absolute Gasteiger partial charge is 0.322 e. The number of nitrogens with one attached hydrogen (secondary N) is 2. The predicted molar refractivity (Wildman–Crippen MR) is 126 cm³/mol. The van der Waals surface area contributed by atoms with E-state index in [1.165, 1.54) is 16.0 Å². The van der Waals surface area contributed by atoms with Crippen molar-refractivity contribution in [2.75, 3.05) is 31.5 Å². The Labute approximate surface area is 190 Å². The van der Waals surface area contributed by atoms with Gasteiger partial charge in [0.15, 0.2) is 5.71 Å². The Kier molecular flexibility index (Phi) is 5.57. The molecule has 3 aromatic carbocycles. The van der Waals surface area contributed by atoms with Gasteiger partial charge in [-0.25, -0.2) is 0 Å². The number of piperazine rings is 1. The number of amides is 1. The summed E-state index contributed by atoms with van der Waals surface area (Å²) in [5, 5.41) is 9.70. The molecule has 31 heavy (non-hydrogen) atoms. The van der Waals surface area contributed by atoms with Crippen molar-refractivity contribution in [3.05, 3.63) is 100 Å². The summed E-state index contributed by atoms with van der Waals surface area (Å²) in [4.78, 5) is 14.0. The monoisotopic (exact) mass is 475 g/mol. The van der Waals surface area contributed by atoms with Crippen molar-refractivity contribution in [3.63, 3.8) is 0 Å². The molecular formula is C25H24BrN4O+. The molecule has 5 rings (SSSR count). The number of quaternary nitrogens is 1. The summed E-state index contributed by atoms with van der Waals surface area (Å²) in [5.41, 5.74) is 4.85. The Morgan fingerprint density at radius 1 is 0.903 bits per heavy atom. The molecular weight excluding hydrogens is 452 g/mol. The second kappa shape index (κ2) is 8.65. The van der Waals surface area contributed by atoms with Crippen molar-refractivity contribution < 1.29 is 9.69 Å². The van der Waals surface area contributed by atoms with Crippen LogP contribution >= 0.6 is 15.9 Å². The third-order valence-corrected chi connectivity index (χ3v) is 6.49. The highest BCUT2D eigenvalue weighted by molar-refractivity contribution is 9.10. The van der Waals surface area contributed by atoms with E-state index in [2.05, 4.69) is 81.9 Å². The number of carbonyl (C=O) groups is 1. The molecule has 0 saturated carbocycles. The van der Waals surface area contributed by atoms with E-state index in [9.17, 15) is 4.79 Å². The number of halogens is 1. The van der Waals surface area contributed by atoms with Gasteiger partial charge in [-0.15, -0.1) is 0 Å². The maximum absolute atomic E-state index is 12.5. The van der Waals surface area contributed by atoms with Crippen LogP contribution in [0.3, 0.4) is 0 Å². The SMILES string of the molecule is O=C1Nc2ccc(Br)cc2/C1=N/N1CC[NH+](C(c2ccccc2)c2ccccc2)CC1. The molecule has 5 nitrogen and oxygen atoms in total. The fourth-order valence-corrected chi connectivity index (χ4v) is 4.85. The summed E-state index contributed by atoms with van der Waals surface area (Å²) in [7, 11) is 0. The van der Waals surface area contributed by atoms with Crippen LogP contribution in [0, 0.1) is 0 Å². The van der Waals surface area contributed by atoms with E-state index < -0.39 is 0 Å². The molecule has 2 N–H and O–H groups in total. The first-order valence-corrected chi connectivity index (χ1v) is 11.4. The lowest BCUT2D eigenvalue weighted by Gasteiger charge is -2.36. The summed E-state index contributed by atoms with van der Waals surface area (Å²) in [5.74, 6) is -0.130. The number of hydrogen-bond acceptors (Lipinski definition) is 3. The van der Waals surface area contributed by atoms with E-state index in [0.717, 1.165) is 41.9 Å². The van der Waals surface area contributed by atoms with Gasteiger partial charge in [-0.1, -0.05) is 76.6 Å². The van der Waals surface area contributed by atoms with Crippen molar-refractivity contribution in [1.82, 2.24) is 5.01 Å². The number of fused-ring (bicyclic) bond motifs is 1. The first-order valence-electron chi connectivity index (χ1n) is 10.6. The summed E-state index contributed by atoms with van der Waals surface area (Å²) in [6.07, 6.45) is 0. The van der Waals surface area contributed by atoms with Gasteiger partial charge in [-0.3, -0.25) is 9.80 Å². The molecule has 156 valence electrons. The molecule has 1 fully saturated rings. The Balaban J connectivity index is 1.36. The number of nitrogens with zero attached hydrogens (tertiary/aromatic N) is 2. The average molecular weight is 476 g/mol. The average Bonchev–Trinajstić information content (AvgIpc) is 3.11. The standard InChI is InChI=1S/C25H23BrN4O/c26-20-11-12-22-21(17-20)23(25(31)27-22)28-30-15-13-29(14-16-30)24(18-7-3-1-4-8-18)19-9-5-2-6-10-19/h1-12,17,24H,13-16H2,(H,27,28,31)/p+1. The number of anilines is 1. The third-order valence-electron chi connectivity index (χ3n) is 6.00. The van der Waals surface area contributed by atoms with E-state index in [-0.39, 0.29) is 5.91 Å². The summed E-state index contributed by atoms with van der Waals surface area (Å²) < 4.78 is 0.943. The quantitative estimate of drug-likeness (QED) is 0.608. The number of carbonyl (C=O) groups excluding carboxylic acids is 1. The zero-order valence-electron chi connectivity index (χ0n) is 17.1. The van der Waals surface area contributed by atoms with Crippen LogP contribution in [0.1, 0.15) is 22.7 Å². The second-order valence-electron chi connectivity index (χ2n) is 7.96. The van der Waals surface area contributed by atoms with E-state index in [4.69, 9.17) is 5.10 Å². The van der Waals surface area contributed by atoms with Gasteiger partial charge in [0.05, 0.1) is 31.9 Å². The van der Waals surface area contributed by atoms with Crippen molar-refractivity contribution in [2.45, 2.75) is 6.04 Å². The van der Waals surface area contributed by atoms with Crippen LogP contribution in [0.4, 0.5) is 5.69 Å². The second-order valence-corrected chi connectivity index (χ2v) is 8.87. The molecule has 0 atom stereocenters. The van der Waals surface area contributed by atoms with E-state index in [0.29, 0.717) is 11.8 Å². The smallest absolute Gasteiger partial charge is 0.276 e. The van der Waals surface area contributed by atoms with Gasteiger partial charge in [0.2, 0.25) is 0 Å². The van der Waals surface area contributed by atoms with Crippen LogP contribution in [0.2, 0.25) is 0 Å². The maximum Gasteiger partial charge on any atom is 0.276 e. The first kappa shape index (κ1) is 20.0. The first-order chi connectivity index (χ1) is 15.2. The molecule has 2 aliphatic rings. The van der Waals surface area contributed by atoms with E-state index >= 15 is 0 Å². The Morgan fingerprint density at radius 2 is 1.52 bits per heavy atom. The molecule has 3 aromatic rings. The van der Waals surface area contributed by atoms with Gasteiger partial charge in [0.1, 0.15) is 6.04 Å². The van der Waals surface area contributed by atoms with Crippen molar-refractivity contribution in [3.8, 4) is 0 Å². The van der Waals surface area contributed by atoms with E-state index in [1.54, 1.807) is 0 Å². The van der Waals surface area contributed by atoms with Gasteiger partial charge >= 0.3 is 0 Å². The minimum absolute atomic E-state index is 0.130. The van der Waals surface area contributed by atoms with Crippen LogP contribution in [0.5, 0.6) is 0 Å². The number of hydrazone groups is 1. The summed E-state index contributed by atoms with van der Waals surface area (Å²) >= 11 is 3.49. The fourth-order valence-electron chi connectivity index (χ4n) is 4.49. The lowest BCUT2D eigenvalue weighted by molar-refractivity contribution is -0.929. The Hall–Kier alpha value is -2.96. The van der Waals surface area contributed by atoms with Gasteiger partial charge in [0, 0.05) is 21.2 Å². The summed E-state index contributed by atoms with van der Waals surface area (Å²) in [6.45, 7) is 3.54. The molecule has 0 aliphatic carbocycles. The molecule has 2 heterocycles. The number of hydrogen-bond donors (Lipinski definition) is 2. The third kappa shape index (κ3) is 4.13. The zero-order chi connectivity index (χ0) is 21.2. The number of rotatable bonds is 4. The highest BCUT2D eigenvalue weighted by Crippen LogP contribution is 2.27. The molecule has 0 unspecified atom stereocenters. The lowest BCUT2D eigenvalue weighted by Crippen LogP contribution is -3.15. The maximum atomic E-state index is 12.5. The molecule has 0 radical (unpaired) electrons. The fraction of sp³-hybridized carbons (Fsp3) is 0.200. The molecule has 0 bridgehead atoms. The highest BCUT2D eigenvalue weighted by atomic mass is 79.9. The predicted octanol–water partition coefficient (Wildman–Crippen LogP) is 3.10. The van der Waals surface area contributed by atoms with Crippen molar-refractivity contribution >= 4 is 33.2 Å². The van der Waals surface area contributed by atoms with Crippen molar-refractivity contribution in [2.24, 2.45) is 5.10 Å². The van der Waals surface area contributed by atoms with Crippen LogP contribution < -0.4 is 10.2 Å². The van der Waals surface area contributed by atoms with Crippen LogP contribution in [-0.4, -0.2) is 42.8 Å². The topological polar surface area (TPSA) is 49.1 Å². The van der Waals surface area contributed by atoms with Crippen molar-refractivity contribution in [1.29, 1.82) is 0 Å². The lowest BCUT2D eigenvalue weighted by atomic mass is 9.96. The zero-order valence-corrected chi connectivity index (χ0v) is 18.7. The molecule has 0 spiro atoms. The van der Waals surface area contributed by atoms with Gasteiger partial charge in [0.25, 0.3) is 5.91 Å². The molecule has 1 amide bonds. The number of benzene rings is 3. The normalized spacial score (nSPS) is 17.8. The molecule has 6 heteroatoms. The van der Waals surface area contributed by atoms with E-state index in [1.807, 2.05) is 23.2 Å². The van der Waals surface area contributed by atoms with Crippen LogP contribution in [0.15, 0.2) is 88.4 Å². The minimum atomic E-state index is -0.130.